The highest BCUT2D eigenvalue weighted by molar-refractivity contribution is 7.98. The summed E-state index contributed by atoms with van der Waals surface area (Å²) in [6, 6.07) is 7.93. The van der Waals surface area contributed by atoms with Gasteiger partial charge in [-0.25, -0.2) is 0 Å². The Labute approximate surface area is 118 Å². The van der Waals surface area contributed by atoms with E-state index in [0.717, 1.165) is 31.5 Å². The minimum absolute atomic E-state index is 0.0493. The number of thioether (sulfide) groups is 1. The van der Waals surface area contributed by atoms with Crippen LogP contribution in [0.1, 0.15) is 30.2 Å². The minimum Gasteiger partial charge on any atom is -0.341 e. The smallest absolute Gasteiger partial charge is 0.245 e. The third-order valence-corrected chi connectivity index (χ3v) is 4.48. The summed E-state index contributed by atoms with van der Waals surface area (Å²) in [5.74, 6) is 0.0493. The molecule has 1 atom stereocenters. The van der Waals surface area contributed by atoms with E-state index in [0.29, 0.717) is 0 Å². The third-order valence-electron chi connectivity index (χ3n) is 3.29. The van der Waals surface area contributed by atoms with Crippen LogP contribution < -0.4 is 0 Å². The van der Waals surface area contributed by atoms with Crippen LogP contribution in [0, 0.1) is 0 Å². The molecule has 0 radical (unpaired) electrons. The number of carbonyl (C=O) groups is 1. The van der Waals surface area contributed by atoms with Gasteiger partial charge < -0.3 is 4.90 Å². The molecule has 0 N–H and O–H groups in total. The molecule has 1 aromatic carbocycles. The standard InChI is InChI=1S/C14H18ClNOS/c1-18-12-7-5-11(6-8-12)13(15)14(17)16-9-3-2-4-10-16/h5-8,13H,2-4,9-10H2,1H3. The molecular formula is C14H18ClNOS. The molecule has 0 aliphatic carbocycles. The zero-order chi connectivity index (χ0) is 13.0. The van der Waals surface area contributed by atoms with Crippen LogP contribution in [0.4, 0.5) is 0 Å². The maximum Gasteiger partial charge on any atom is 0.245 e. The molecule has 1 aliphatic heterocycles. The monoisotopic (exact) mass is 283 g/mol. The first-order valence-corrected chi connectivity index (χ1v) is 7.95. The van der Waals surface area contributed by atoms with Gasteiger partial charge in [-0.05, 0) is 43.2 Å². The van der Waals surface area contributed by atoms with Gasteiger partial charge in [-0.2, -0.15) is 0 Å². The number of halogens is 1. The number of likely N-dealkylation sites (tertiary alicyclic amines) is 1. The third kappa shape index (κ3) is 3.21. The molecule has 98 valence electrons. The normalized spacial score (nSPS) is 17.6. The highest BCUT2D eigenvalue weighted by Gasteiger charge is 2.24. The van der Waals surface area contributed by atoms with Crippen molar-refractivity contribution in [1.29, 1.82) is 0 Å². The zero-order valence-electron chi connectivity index (χ0n) is 10.6. The van der Waals surface area contributed by atoms with E-state index in [4.69, 9.17) is 11.6 Å². The van der Waals surface area contributed by atoms with Crippen molar-refractivity contribution < 1.29 is 4.79 Å². The number of nitrogens with zero attached hydrogens (tertiary/aromatic N) is 1. The number of benzene rings is 1. The molecule has 1 aliphatic rings. The van der Waals surface area contributed by atoms with E-state index < -0.39 is 5.38 Å². The van der Waals surface area contributed by atoms with Gasteiger partial charge in [0.2, 0.25) is 5.91 Å². The molecule has 18 heavy (non-hydrogen) atoms. The number of carbonyl (C=O) groups excluding carboxylic acids is 1. The maximum absolute atomic E-state index is 12.2. The summed E-state index contributed by atoms with van der Waals surface area (Å²) in [6.45, 7) is 1.70. The number of alkyl halides is 1. The molecule has 4 heteroatoms. The Bertz CT molecular complexity index is 401. The first-order chi connectivity index (χ1) is 8.72. The van der Waals surface area contributed by atoms with E-state index in [1.165, 1.54) is 11.3 Å². The lowest BCUT2D eigenvalue weighted by atomic mass is 10.1. The predicted molar refractivity (Wildman–Crippen MR) is 77.2 cm³/mol. The first-order valence-electron chi connectivity index (χ1n) is 6.29. The van der Waals surface area contributed by atoms with Gasteiger partial charge in [-0.3, -0.25) is 4.79 Å². The van der Waals surface area contributed by atoms with Crippen LogP contribution >= 0.6 is 23.4 Å². The summed E-state index contributed by atoms with van der Waals surface area (Å²) < 4.78 is 0. The Morgan fingerprint density at radius 2 is 1.83 bits per heavy atom. The largest absolute Gasteiger partial charge is 0.341 e. The highest BCUT2D eigenvalue weighted by atomic mass is 35.5. The first kappa shape index (κ1) is 13.8. The van der Waals surface area contributed by atoms with Crippen molar-refractivity contribution in [3.63, 3.8) is 0 Å². The fourth-order valence-corrected chi connectivity index (χ4v) is 2.88. The molecule has 2 nitrogen and oxygen atoms in total. The lowest BCUT2D eigenvalue weighted by molar-refractivity contribution is -0.131. The molecule has 0 bridgehead atoms. The highest BCUT2D eigenvalue weighted by Crippen LogP contribution is 2.26. The lowest BCUT2D eigenvalue weighted by Crippen LogP contribution is -2.37. The van der Waals surface area contributed by atoms with E-state index in [1.54, 1.807) is 11.8 Å². The Balaban J connectivity index is 2.04. The number of hydrogen-bond acceptors (Lipinski definition) is 2. The van der Waals surface area contributed by atoms with E-state index in [2.05, 4.69) is 0 Å². The Hall–Kier alpha value is -0.670. The van der Waals surface area contributed by atoms with Gasteiger partial charge in [-0.15, -0.1) is 23.4 Å². The van der Waals surface area contributed by atoms with E-state index >= 15 is 0 Å². The average Bonchev–Trinajstić information content (AvgIpc) is 2.47. The van der Waals surface area contributed by atoms with Crippen LogP contribution in [-0.2, 0) is 4.79 Å². The van der Waals surface area contributed by atoms with Crippen LogP contribution in [-0.4, -0.2) is 30.2 Å². The second-order valence-electron chi connectivity index (χ2n) is 4.52. The Morgan fingerprint density at radius 3 is 2.39 bits per heavy atom. The van der Waals surface area contributed by atoms with Gasteiger partial charge >= 0.3 is 0 Å². The molecule has 1 aromatic rings. The number of hydrogen-bond donors (Lipinski definition) is 0. The molecular weight excluding hydrogens is 266 g/mol. The number of piperidine rings is 1. The molecule has 2 rings (SSSR count). The molecule has 1 fully saturated rings. The molecule has 0 aromatic heterocycles. The van der Waals surface area contributed by atoms with Crippen LogP contribution in [0.2, 0.25) is 0 Å². The molecule has 0 saturated carbocycles. The molecule has 1 saturated heterocycles. The van der Waals surface area contributed by atoms with E-state index in [9.17, 15) is 4.79 Å². The maximum atomic E-state index is 12.2. The van der Waals surface area contributed by atoms with Crippen LogP contribution in [0.25, 0.3) is 0 Å². The summed E-state index contributed by atoms with van der Waals surface area (Å²) in [7, 11) is 0. The van der Waals surface area contributed by atoms with Gasteiger partial charge in [0.05, 0.1) is 0 Å². The predicted octanol–water partition coefficient (Wildman–Crippen LogP) is 3.70. The quantitative estimate of drug-likeness (QED) is 0.623. The molecule has 1 unspecified atom stereocenters. The second-order valence-corrected chi connectivity index (χ2v) is 5.84. The van der Waals surface area contributed by atoms with Gasteiger partial charge in [0, 0.05) is 18.0 Å². The lowest BCUT2D eigenvalue weighted by Gasteiger charge is -2.28. The fraction of sp³-hybridized carbons (Fsp3) is 0.500. The Kier molecular flexibility index (Phi) is 4.95. The summed E-state index contributed by atoms with van der Waals surface area (Å²) in [4.78, 5) is 15.3. The van der Waals surface area contributed by atoms with Crippen LogP contribution in [0.15, 0.2) is 29.2 Å². The van der Waals surface area contributed by atoms with Crippen molar-refractivity contribution in [3.8, 4) is 0 Å². The van der Waals surface area contributed by atoms with E-state index in [1.807, 2.05) is 35.4 Å². The van der Waals surface area contributed by atoms with Crippen molar-refractivity contribution in [3.05, 3.63) is 29.8 Å². The number of rotatable bonds is 3. The molecule has 1 heterocycles. The minimum atomic E-state index is -0.543. The molecule has 1 amide bonds. The zero-order valence-corrected chi connectivity index (χ0v) is 12.1. The average molecular weight is 284 g/mol. The van der Waals surface area contributed by atoms with Crippen molar-refractivity contribution >= 4 is 29.3 Å². The van der Waals surface area contributed by atoms with Crippen molar-refractivity contribution in [2.24, 2.45) is 0 Å². The van der Waals surface area contributed by atoms with E-state index in [-0.39, 0.29) is 5.91 Å². The van der Waals surface area contributed by atoms with Gasteiger partial charge in [0.25, 0.3) is 0 Å². The van der Waals surface area contributed by atoms with Gasteiger partial charge in [0.15, 0.2) is 0 Å². The number of amides is 1. The topological polar surface area (TPSA) is 20.3 Å². The van der Waals surface area contributed by atoms with Gasteiger partial charge in [0.1, 0.15) is 5.38 Å². The summed E-state index contributed by atoms with van der Waals surface area (Å²) in [5, 5.41) is -0.543. The molecule has 0 spiro atoms. The van der Waals surface area contributed by atoms with Crippen molar-refractivity contribution in [2.75, 3.05) is 19.3 Å². The summed E-state index contributed by atoms with van der Waals surface area (Å²) in [5.41, 5.74) is 0.894. The Morgan fingerprint density at radius 1 is 1.22 bits per heavy atom. The van der Waals surface area contributed by atoms with Crippen LogP contribution in [0.5, 0.6) is 0 Å². The summed E-state index contributed by atoms with van der Waals surface area (Å²) >= 11 is 7.97. The van der Waals surface area contributed by atoms with Crippen molar-refractivity contribution in [2.45, 2.75) is 29.5 Å². The SMILES string of the molecule is CSc1ccc(C(Cl)C(=O)N2CCCCC2)cc1. The van der Waals surface area contributed by atoms with Gasteiger partial charge in [-0.1, -0.05) is 12.1 Å². The van der Waals surface area contributed by atoms with Crippen LogP contribution in [0.3, 0.4) is 0 Å². The second kappa shape index (κ2) is 6.48. The van der Waals surface area contributed by atoms with Crippen molar-refractivity contribution in [1.82, 2.24) is 4.90 Å². The summed E-state index contributed by atoms with van der Waals surface area (Å²) in [6.07, 6.45) is 5.45. The fourth-order valence-electron chi connectivity index (χ4n) is 2.19.